The van der Waals surface area contributed by atoms with Gasteiger partial charge in [0.05, 0.1) is 42.3 Å². The first-order chi connectivity index (χ1) is 18.2. The number of piperidine rings is 1. The van der Waals surface area contributed by atoms with Gasteiger partial charge in [0.1, 0.15) is 11.6 Å². The summed E-state index contributed by atoms with van der Waals surface area (Å²) in [7, 11) is 1.57. The molecular weight excluding hydrogens is 530 g/mol. The molecule has 0 unspecified atom stereocenters. The van der Waals surface area contributed by atoms with E-state index < -0.39 is 23.3 Å². The molecule has 0 amide bonds. The van der Waals surface area contributed by atoms with Crippen LogP contribution in [0.4, 0.5) is 4.39 Å². The number of carboxylic acids is 1. The van der Waals surface area contributed by atoms with Crippen molar-refractivity contribution in [2.24, 2.45) is 5.41 Å². The quantitative estimate of drug-likeness (QED) is 0.324. The lowest BCUT2D eigenvalue weighted by Gasteiger charge is -2.41. The Hall–Kier alpha value is -2.89. The number of carbonyl (C=O) groups is 1. The molecule has 1 aromatic heterocycles. The summed E-state index contributed by atoms with van der Waals surface area (Å²) in [4.78, 5) is 18.2. The van der Waals surface area contributed by atoms with E-state index in [-0.39, 0.29) is 6.42 Å². The fourth-order valence-electron chi connectivity index (χ4n) is 5.08. The molecule has 0 aliphatic carbocycles. The molecule has 2 aromatic carbocycles. The average molecular weight is 559 g/mol. The highest BCUT2D eigenvalue weighted by molar-refractivity contribution is 6.32. The Morgan fingerprint density at radius 3 is 2.68 bits per heavy atom. The number of methoxy groups -OCH3 is 1. The predicted octanol–water partition coefficient (Wildman–Crippen LogP) is 6.11. The molecule has 4 rings (SSSR count). The molecule has 1 fully saturated rings. The van der Waals surface area contributed by atoms with Crippen LogP contribution in [0.3, 0.4) is 0 Å². The smallest absolute Gasteiger partial charge is 0.303 e. The Bertz CT molecular complexity index is 1380. The van der Waals surface area contributed by atoms with Gasteiger partial charge in [-0.25, -0.2) is 4.39 Å². The highest BCUT2D eigenvalue weighted by atomic mass is 35.5. The van der Waals surface area contributed by atoms with Crippen LogP contribution in [0.1, 0.15) is 49.3 Å². The van der Waals surface area contributed by atoms with E-state index in [4.69, 9.17) is 27.9 Å². The van der Waals surface area contributed by atoms with Crippen molar-refractivity contribution in [1.82, 2.24) is 9.88 Å². The second-order valence-corrected chi connectivity index (χ2v) is 10.6. The van der Waals surface area contributed by atoms with Gasteiger partial charge < -0.3 is 14.9 Å². The second kappa shape index (κ2) is 12.3. The maximum absolute atomic E-state index is 14.0. The molecule has 38 heavy (non-hydrogen) atoms. The van der Waals surface area contributed by atoms with Gasteiger partial charge in [-0.3, -0.25) is 14.7 Å². The minimum absolute atomic E-state index is 0.0217. The number of aliphatic hydroxyl groups excluding tert-OH is 1. The molecule has 0 radical (unpaired) electrons. The molecule has 3 aromatic rings. The van der Waals surface area contributed by atoms with Crippen LogP contribution in [0.15, 0.2) is 42.6 Å². The maximum Gasteiger partial charge on any atom is 0.303 e. The highest BCUT2D eigenvalue weighted by Crippen LogP contribution is 2.43. The largest absolute Gasteiger partial charge is 0.497 e. The summed E-state index contributed by atoms with van der Waals surface area (Å²) in [5.41, 5.74) is 1.10. The second-order valence-electron chi connectivity index (χ2n) is 9.73. The van der Waals surface area contributed by atoms with Crippen LogP contribution in [0.2, 0.25) is 10.0 Å². The molecule has 6 nitrogen and oxygen atoms in total. The lowest BCUT2D eigenvalue weighted by Crippen LogP contribution is -2.41. The van der Waals surface area contributed by atoms with E-state index in [9.17, 15) is 19.4 Å². The van der Waals surface area contributed by atoms with Crippen molar-refractivity contribution in [3.8, 4) is 17.6 Å². The number of aromatic nitrogens is 1. The monoisotopic (exact) mass is 558 g/mol. The van der Waals surface area contributed by atoms with Gasteiger partial charge in [-0.1, -0.05) is 35.0 Å². The van der Waals surface area contributed by atoms with E-state index >= 15 is 0 Å². The Morgan fingerprint density at radius 2 is 2.00 bits per heavy atom. The molecule has 0 bridgehead atoms. The Kier molecular flexibility index (Phi) is 9.11. The van der Waals surface area contributed by atoms with Crippen molar-refractivity contribution in [3.63, 3.8) is 0 Å². The van der Waals surface area contributed by atoms with Gasteiger partial charge in [0.2, 0.25) is 0 Å². The van der Waals surface area contributed by atoms with Crippen LogP contribution in [0.25, 0.3) is 10.9 Å². The normalized spacial score (nSPS) is 16.0. The number of likely N-dealkylation sites (tertiary alicyclic amines) is 1. The van der Waals surface area contributed by atoms with Gasteiger partial charge in [0.15, 0.2) is 0 Å². The average Bonchev–Trinajstić information content (AvgIpc) is 2.89. The van der Waals surface area contributed by atoms with Crippen molar-refractivity contribution in [1.29, 1.82) is 0 Å². The molecule has 1 aliphatic rings. The van der Waals surface area contributed by atoms with Gasteiger partial charge in [-0.2, -0.15) is 0 Å². The van der Waals surface area contributed by atoms with Gasteiger partial charge in [-0.15, -0.1) is 0 Å². The number of hydrogen-bond donors (Lipinski definition) is 2. The maximum atomic E-state index is 14.0. The number of halogens is 3. The van der Waals surface area contributed by atoms with Gasteiger partial charge in [-0.05, 0) is 80.6 Å². The third-order valence-electron chi connectivity index (χ3n) is 7.25. The SMILES string of the molecule is COc1ccc2ncc(Cl)c([C@H](O)CCC3(CC(=O)O)CCN(CC#Cc4ccc(Cl)cc4F)CC3)c2c1. The number of carboxylic acid groups (broad SMARTS) is 1. The van der Waals surface area contributed by atoms with Crippen molar-refractivity contribution in [2.75, 3.05) is 26.7 Å². The highest BCUT2D eigenvalue weighted by Gasteiger charge is 2.37. The zero-order valence-electron chi connectivity index (χ0n) is 21.0. The van der Waals surface area contributed by atoms with E-state index in [0.29, 0.717) is 83.1 Å². The predicted molar refractivity (Wildman–Crippen MR) is 146 cm³/mol. The third kappa shape index (κ3) is 6.75. The van der Waals surface area contributed by atoms with Crippen LogP contribution in [-0.4, -0.2) is 52.8 Å². The van der Waals surface area contributed by atoms with Gasteiger partial charge >= 0.3 is 5.97 Å². The molecule has 9 heteroatoms. The van der Waals surface area contributed by atoms with Crippen LogP contribution in [0, 0.1) is 23.1 Å². The Morgan fingerprint density at radius 1 is 1.24 bits per heavy atom. The number of hydrogen-bond acceptors (Lipinski definition) is 5. The number of benzene rings is 2. The van der Waals surface area contributed by atoms with Crippen LogP contribution in [-0.2, 0) is 4.79 Å². The zero-order chi connectivity index (χ0) is 27.3. The summed E-state index contributed by atoms with van der Waals surface area (Å²) in [5, 5.41) is 22.2. The standard InChI is InChI=1S/C29H29Cl2FN2O4/c1-38-21-6-7-25-22(16-21)28(23(31)18-33-25)26(35)8-9-29(17-27(36)37)10-13-34(14-11-29)12-2-3-19-4-5-20(30)15-24(19)32/h4-7,15-16,18,26,35H,8-14,17H2,1H3,(H,36,37)/t26-/m1/s1. The minimum atomic E-state index is -0.885. The summed E-state index contributed by atoms with van der Waals surface area (Å²) < 4.78 is 19.3. The molecule has 2 heterocycles. The molecule has 2 N–H and O–H groups in total. The van der Waals surface area contributed by atoms with Crippen LogP contribution < -0.4 is 4.74 Å². The fourth-order valence-corrected chi connectivity index (χ4v) is 5.51. The number of aliphatic hydroxyl groups is 1. The third-order valence-corrected chi connectivity index (χ3v) is 7.79. The van der Waals surface area contributed by atoms with E-state index in [1.165, 1.54) is 12.3 Å². The first-order valence-electron chi connectivity index (χ1n) is 12.4. The fraction of sp³-hybridized carbons (Fsp3) is 0.379. The van der Waals surface area contributed by atoms with E-state index in [0.717, 1.165) is 0 Å². The van der Waals surface area contributed by atoms with E-state index in [1.54, 1.807) is 31.4 Å². The number of fused-ring (bicyclic) bond motifs is 1. The number of ether oxygens (including phenoxy) is 1. The molecular formula is C29H29Cl2FN2O4. The first kappa shape index (κ1) is 28.1. The zero-order valence-corrected chi connectivity index (χ0v) is 22.5. The summed E-state index contributed by atoms with van der Waals surface area (Å²) in [6.45, 7) is 1.78. The Labute approximate surface area is 231 Å². The summed E-state index contributed by atoms with van der Waals surface area (Å²) >= 11 is 12.2. The molecule has 1 saturated heterocycles. The summed E-state index contributed by atoms with van der Waals surface area (Å²) in [6.07, 6.45) is 2.86. The molecule has 0 spiro atoms. The number of rotatable bonds is 8. The lowest BCUT2D eigenvalue weighted by molar-refractivity contribution is -0.141. The number of aliphatic carboxylic acids is 1. The molecule has 1 aliphatic heterocycles. The number of nitrogens with zero attached hydrogens (tertiary/aromatic N) is 2. The minimum Gasteiger partial charge on any atom is -0.497 e. The topological polar surface area (TPSA) is 82.9 Å². The lowest BCUT2D eigenvalue weighted by atomic mass is 9.71. The van der Waals surface area contributed by atoms with Crippen molar-refractivity contribution in [2.45, 2.75) is 38.2 Å². The Balaban J connectivity index is 1.43. The van der Waals surface area contributed by atoms with Gasteiger partial charge in [0, 0.05) is 22.2 Å². The first-order valence-corrected chi connectivity index (χ1v) is 13.1. The van der Waals surface area contributed by atoms with Crippen molar-refractivity contribution < 1.29 is 24.1 Å². The van der Waals surface area contributed by atoms with Crippen molar-refractivity contribution >= 4 is 40.1 Å². The van der Waals surface area contributed by atoms with Crippen LogP contribution >= 0.6 is 23.2 Å². The van der Waals surface area contributed by atoms with E-state index in [2.05, 4.69) is 21.7 Å². The van der Waals surface area contributed by atoms with Gasteiger partial charge in [0.25, 0.3) is 0 Å². The number of pyridine rings is 1. The van der Waals surface area contributed by atoms with E-state index in [1.807, 2.05) is 6.07 Å². The van der Waals surface area contributed by atoms with Crippen molar-refractivity contribution in [3.05, 3.63) is 69.6 Å². The summed E-state index contributed by atoms with van der Waals surface area (Å²) in [6, 6.07) is 9.80. The molecule has 200 valence electrons. The summed E-state index contributed by atoms with van der Waals surface area (Å²) in [5.74, 6) is 5.17. The molecule has 0 saturated carbocycles. The van der Waals surface area contributed by atoms with Crippen LogP contribution in [0.5, 0.6) is 5.75 Å². The molecule has 1 atom stereocenters.